The molecule has 4 aromatic carbocycles. The largest absolute Gasteiger partial charge is 0.0602 e. The third-order valence-corrected chi connectivity index (χ3v) is 8.11. The van der Waals surface area contributed by atoms with Gasteiger partial charge < -0.3 is 0 Å². The minimum Gasteiger partial charge on any atom is -0.0602 e. The average Bonchev–Trinajstić information content (AvgIpc) is 2.89. The number of anilines is 2. The molecule has 0 saturated carbocycles. The summed E-state index contributed by atoms with van der Waals surface area (Å²) in [5.74, 6) is 2.03. The van der Waals surface area contributed by atoms with Crippen molar-refractivity contribution in [3.8, 4) is 11.5 Å². The van der Waals surface area contributed by atoms with E-state index in [1.165, 1.54) is 33.6 Å². The van der Waals surface area contributed by atoms with Gasteiger partial charge in [0.15, 0.2) is 0 Å². The molecule has 166 valence electrons. The van der Waals surface area contributed by atoms with Gasteiger partial charge in [-0.05, 0) is 12.1 Å². The van der Waals surface area contributed by atoms with Gasteiger partial charge in [-0.25, -0.2) is 0 Å². The van der Waals surface area contributed by atoms with Gasteiger partial charge in [-0.15, -0.1) is 0 Å². The van der Waals surface area contributed by atoms with Crippen molar-refractivity contribution < 1.29 is 29.7 Å². The van der Waals surface area contributed by atoms with E-state index in [1.54, 1.807) is 0 Å². The molecule has 2 aliphatic rings. The first-order valence-corrected chi connectivity index (χ1v) is 13.0. The third kappa shape index (κ3) is 4.37. The van der Waals surface area contributed by atoms with Crippen molar-refractivity contribution in [1.29, 1.82) is 0 Å². The van der Waals surface area contributed by atoms with Crippen LogP contribution in [0.5, 0.6) is 11.5 Å². The molecule has 0 fully saturated rings. The number of hydrogen-bond donors (Lipinski definition) is 0. The Balaban J connectivity index is 1.20. The number of halogens is 1. The Bertz CT molecular complexity index is 1160. The van der Waals surface area contributed by atoms with Crippen molar-refractivity contribution in [1.82, 2.24) is 0 Å². The Morgan fingerprint density at radius 2 is 1.30 bits per heavy atom. The molecular formula is C28H24IN2O2-. The quantitative estimate of drug-likeness (QED) is 0.290. The molecular weight excluding hydrogens is 523 g/mol. The number of fused-ring (bicyclic) bond motifs is 2. The van der Waals surface area contributed by atoms with Crippen molar-refractivity contribution in [3.05, 3.63) is 119 Å². The van der Waals surface area contributed by atoms with Gasteiger partial charge in [0.25, 0.3) is 0 Å². The molecule has 2 heterocycles. The first kappa shape index (κ1) is 20.4. The maximum atomic E-state index is 6.14. The van der Waals surface area contributed by atoms with Crippen LogP contribution in [0.15, 0.2) is 97.1 Å². The molecule has 0 unspecified atom stereocenters. The van der Waals surface area contributed by atoms with E-state index in [-0.39, 0.29) is 0 Å². The molecule has 0 bridgehead atoms. The topological polar surface area (TPSA) is 24.9 Å². The van der Waals surface area contributed by atoms with Crippen LogP contribution >= 0.6 is 0 Å². The fraction of sp³-hybridized carbons (Fsp3) is 0.143. The van der Waals surface area contributed by atoms with Gasteiger partial charge in [0, 0.05) is 0 Å². The van der Waals surface area contributed by atoms with Gasteiger partial charge in [-0.3, -0.25) is 0 Å². The average molecular weight is 547 g/mol. The molecule has 6 rings (SSSR count). The summed E-state index contributed by atoms with van der Waals surface area (Å²) in [7, 11) is 0. The minimum absolute atomic E-state index is 0.493. The maximum absolute atomic E-state index is 6.14. The van der Waals surface area contributed by atoms with Crippen LogP contribution in [0.2, 0.25) is 0 Å². The van der Waals surface area contributed by atoms with E-state index < -0.39 is 21.9 Å². The van der Waals surface area contributed by atoms with E-state index in [0.717, 1.165) is 31.0 Å². The summed E-state index contributed by atoms with van der Waals surface area (Å²) in [6.07, 6.45) is 0.895. The number of nitrogens with zero attached hydrogens (tertiary/aromatic N) is 2. The van der Waals surface area contributed by atoms with E-state index in [1.807, 2.05) is 6.07 Å². The fourth-order valence-electron chi connectivity index (χ4n) is 4.36. The van der Waals surface area contributed by atoms with Crippen LogP contribution in [0.1, 0.15) is 22.3 Å². The second kappa shape index (κ2) is 8.98. The third-order valence-electron chi connectivity index (χ3n) is 6.06. The molecule has 0 atom stereocenters. The molecule has 4 aromatic rings. The van der Waals surface area contributed by atoms with Crippen molar-refractivity contribution in [2.45, 2.75) is 19.5 Å². The Morgan fingerprint density at radius 3 is 2.03 bits per heavy atom. The van der Waals surface area contributed by atoms with E-state index in [2.05, 4.69) is 99.0 Å². The van der Waals surface area contributed by atoms with Gasteiger partial charge in [0.1, 0.15) is 0 Å². The summed E-state index contributed by atoms with van der Waals surface area (Å²) >= 11 is -0.493. The number of ether oxygens (including phenoxy) is 1. The second-order valence-corrected chi connectivity index (χ2v) is 10.4. The predicted molar refractivity (Wildman–Crippen MR) is 127 cm³/mol. The van der Waals surface area contributed by atoms with Crippen LogP contribution in [0.3, 0.4) is 0 Å². The number of benzene rings is 4. The minimum atomic E-state index is -0.493. The fourth-order valence-corrected chi connectivity index (χ4v) is 6.30. The molecule has 0 aromatic heterocycles. The first-order chi connectivity index (χ1) is 16.3. The predicted octanol–water partition coefficient (Wildman–Crippen LogP) is 2.95. The molecule has 4 nitrogen and oxygen atoms in total. The van der Waals surface area contributed by atoms with E-state index in [0.29, 0.717) is 6.73 Å². The van der Waals surface area contributed by atoms with Crippen molar-refractivity contribution >= 4 is 11.4 Å². The van der Waals surface area contributed by atoms with E-state index in [9.17, 15) is 0 Å². The Labute approximate surface area is 205 Å². The van der Waals surface area contributed by atoms with Gasteiger partial charge in [-0.1, -0.05) is 18.2 Å². The Morgan fingerprint density at radius 1 is 0.667 bits per heavy atom. The van der Waals surface area contributed by atoms with Gasteiger partial charge in [0.05, 0.1) is 0 Å². The van der Waals surface area contributed by atoms with Crippen molar-refractivity contribution in [2.75, 3.05) is 14.7 Å². The summed E-state index contributed by atoms with van der Waals surface area (Å²) in [4.78, 5) is 2.27. The number of para-hydroxylation sites is 2. The Kier molecular flexibility index (Phi) is 5.56. The normalized spacial score (nSPS) is 14.9. The summed E-state index contributed by atoms with van der Waals surface area (Å²) in [6.45, 7) is 2.35. The molecule has 0 aliphatic carbocycles. The molecule has 0 N–H and O–H groups in total. The summed E-state index contributed by atoms with van der Waals surface area (Å²) in [6, 6.07) is 34.3. The zero-order valence-corrected chi connectivity index (χ0v) is 20.3. The molecule has 5 heteroatoms. The number of rotatable bonds is 4. The zero-order valence-electron chi connectivity index (χ0n) is 18.2. The van der Waals surface area contributed by atoms with E-state index in [4.69, 9.17) is 7.80 Å². The SMILES string of the molecule is c1ccc(N2COc3ccc(Cc4ccc5c(c4)CN(c4ccccc4)[I-]O5)cc3C2)cc1. The molecule has 0 amide bonds. The van der Waals surface area contributed by atoms with Crippen LogP contribution in [-0.2, 0) is 19.5 Å². The molecule has 0 saturated heterocycles. The zero-order chi connectivity index (χ0) is 22.0. The monoisotopic (exact) mass is 547 g/mol. The van der Waals surface area contributed by atoms with Crippen LogP contribution < -0.4 is 37.7 Å². The van der Waals surface area contributed by atoms with Crippen LogP contribution in [0, 0.1) is 0 Å². The first-order valence-electron chi connectivity index (χ1n) is 11.1. The summed E-state index contributed by atoms with van der Waals surface area (Å²) in [5.41, 5.74) is 7.54. The second-order valence-electron chi connectivity index (χ2n) is 8.37. The molecule has 0 spiro atoms. The maximum Gasteiger partial charge on any atom is -0.0386 e. The van der Waals surface area contributed by atoms with Crippen LogP contribution in [0.4, 0.5) is 11.4 Å². The molecule has 33 heavy (non-hydrogen) atoms. The summed E-state index contributed by atoms with van der Waals surface area (Å²) in [5, 5.41) is 0. The number of hydrogen-bond acceptors (Lipinski definition) is 4. The van der Waals surface area contributed by atoms with Crippen molar-refractivity contribution in [2.24, 2.45) is 0 Å². The van der Waals surface area contributed by atoms with E-state index >= 15 is 0 Å². The van der Waals surface area contributed by atoms with Gasteiger partial charge in [0.2, 0.25) is 0 Å². The standard InChI is InChI=1S/C28H24IN2O2/c1-3-7-25(8-4-1)30-18-23-16-21(11-13-27(23)32-20-30)15-22-12-14-28-24(17-22)19-31(29-33-28)26-9-5-2-6-10-26/h1-14,16-17H,15,18-20H2/q-1. The van der Waals surface area contributed by atoms with Crippen molar-refractivity contribution in [3.63, 3.8) is 0 Å². The van der Waals surface area contributed by atoms with Crippen LogP contribution in [-0.4, -0.2) is 6.73 Å². The smallest absolute Gasteiger partial charge is 0.0386 e. The van der Waals surface area contributed by atoms with Gasteiger partial charge in [-0.2, -0.15) is 0 Å². The van der Waals surface area contributed by atoms with Gasteiger partial charge >= 0.3 is 176 Å². The summed E-state index contributed by atoms with van der Waals surface area (Å²) < 4.78 is 14.5. The van der Waals surface area contributed by atoms with Crippen LogP contribution in [0.25, 0.3) is 0 Å². The molecule has 0 radical (unpaired) electrons. The Hall–Kier alpha value is -3.19. The molecule has 2 aliphatic heterocycles.